The van der Waals surface area contributed by atoms with E-state index in [9.17, 15) is 39.5 Å². The van der Waals surface area contributed by atoms with E-state index < -0.39 is 35.9 Å². The van der Waals surface area contributed by atoms with E-state index in [0.717, 1.165) is 0 Å². The third-order valence-corrected chi connectivity index (χ3v) is 2.14. The fourth-order valence-corrected chi connectivity index (χ4v) is 1.06. The quantitative estimate of drug-likeness (QED) is 0.503. The summed E-state index contributed by atoms with van der Waals surface area (Å²) in [5, 5.41) is 0. The molecule has 0 amide bonds. The van der Waals surface area contributed by atoms with Crippen LogP contribution in [0.25, 0.3) is 0 Å². The molecule has 0 aromatic rings. The first-order valence-electron chi connectivity index (χ1n) is 4.62. The van der Waals surface area contributed by atoms with E-state index in [1.807, 2.05) is 0 Å². The van der Waals surface area contributed by atoms with Crippen LogP contribution in [0.2, 0.25) is 0 Å². The van der Waals surface area contributed by atoms with Gasteiger partial charge in [0.05, 0.1) is 0 Å². The maximum Gasteiger partial charge on any atom is 0.460 e. The number of rotatable bonds is 5. The molecule has 0 N–H and O–H groups in total. The van der Waals surface area contributed by atoms with Gasteiger partial charge in [0.1, 0.15) is 0 Å². The zero-order chi connectivity index (χ0) is 15.0. The molecule has 0 fully saturated rings. The van der Waals surface area contributed by atoms with Crippen LogP contribution in [-0.2, 0) is 0 Å². The normalized spacial score (nSPS) is 14.8. The van der Waals surface area contributed by atoms with Gasteiger partial charge < -0.3 is 0 Å². The molecule has 0 spiro atoms. The molecule has 0 radical (unpaired) electrons. The summed E-state index contributed by atoms with van der Waals surface area (Å²) in [6.07, 6.45) is -7.73. The Morgan fingerprint density at radius 1 is 0.833 bits per heavy atom. The smallest absolute Gasteiger partial charge is 0.194 e. The van der Waals surface area contributed by atoms with E-state index in [-0.39, 0.29) is 6.42 Å². The van der Waals surface area contributed by atoms with Crippen LogP contribution in [0, 0.1) is 0 Å². The molecule has 0 aromatic carbocycles. The minimum absolute atomic E-state index is 0.151. The summed E-state index contributed by atoms with van der Waals surface area (Å²) in [6.45, 7) is 3.70. The Labute approximate surface area is 96.5 Å². The largest absolute Gasteiger partial charge is 0.460 e. The Morgan fingerprint density at radius 3 is 1.50 bits per heavy atom. The highest BCUT2D eigenvalue weighted by Crippen LogP contribution is 2.55. The maximum atomic E-state index is 13.0. The molecule has 0 rings (SSSR count). The summed E-state index contributed by atoms with van der Waals surface area (Å²) in [7, 11) is 0. The van der Waals surface area contributed by atoms with Gasteiger partial charge in [-0.15, -0.1) is 0 Å². The summed E-state index contributed by atoms with van der Waals surface area (Å²) in [4.78, 5) is 0. The van der Waals surface area contributed by atoms with Crippen molar-refractivity contribution in [2.45, 2.75) is 43.7 Å². The molecule has 18 heavy (non-hydrogen) atoms. The standard InChI is InChI=1S/C9H9F9/c1-3-4-5(2)6(10,11)7(12,13)8(14,15)9(16,17)18/h2-4H2,1H3. The van der Waals surface area contributed by atoms with Crippen LogP contribution in [0.5, 0.6) is 0 Å². The zero-order valence-corrected chi connectivity index (χ0v) is 9.02. The maximum absolute atomic E-state index is 13.0. The van der Waals surface area contributed by atoms with Crippen molar-refractivity contribution >= 4 is 0 Å². The van der Waals surface area contributed by atoms with Gasteiger partial charge in [0, 0.05) is 0 Å². The Hall–Kier alpha value is -0.890. The predicted octanol–water partition coefficient (Wildman–Crippen LogP) is 4.81. The van der Waals surface area contributed by atoms with E-state index in [2.05, 4.69) is 6.58 Å². The van der Waals surface area contributed by atoms with Crippen LogP contribution in [0.4, 0.5) is 39.5 Å². The van der Waals surface area contributed by atoms with Gasteiger partial charge in [-0.05, 0) is 12.0 Å². The first kappa shape index (κ1) is 17.1. The van der Waals surface area contributed by atoms with Gasteiger partial charge in [-0.1, -0.05) is 19.9 Å². The van der Waals surface area contributed by atoms with Crippen molar-refractivity contribution in [1.82, 2.24) is 0 Å². The molecule has 0 aliphatic rings. The molecule has 0 saturated carbocycles. The van der Waals surface area contributed by atoms with Gasteiger partial charge >= 0.3 is 23.9 Å². The predicted molar refractivity (Wildman–Crippen MR) is 44.9 cm³/mol. The van der Waals surface area contributed by atoms with Crippen LogP contribution in [0.1, 0.15) is 19.8 Å². The van der Waals surface area contributed by atoms with E-state index in [4.69, 9.17) is 0 Å². The average molecular weight is 288 g/mol. The van der Waals surface area contributed by atoms with Gasteiger partial charge in [0.15, 0.2) is 0 Å². The summed E-state index contributed by atoms with van der Waals surface area (Å²) in [6, 6.07) is 0. The Bertz CT molecular complexity index is 312. The second-order valence-electron chi connectivity index (χ2n) is 3.57. The SMILES string of the molecule is C=C(CCC)C(F)(F)C(F)(F)C(F)(F)C(F)(F)F. The van der Waals surface area contributed by atoms with Gasteiger partial charge in [0.2, 0.25) is 0 Å². The summed E-state index contributed by atoms with van der Waals surface area (Å²) < 4.78 is 111. The number of alkyl halides is 9. The first-order valence-corrected chi connectivity index (χ1v) is 4.62. The van der Waals surface area contributed by atoms with Crippen molar-refractivity contribution < 1.29 is 39.5 Å². The Kier molecular flexibility index (Phi) is 4.42. The van der Waals surface area contributed by atoms with Gasteiger partial charge in [-0.25, -0.2) is 0 Å². The van der Waals surface area contributed by atoms with Crippen molar-refractivity contribution in [3.63, 3.8) is 0 Å². The first-order chi connectivity index (χ1) is 7.73. The minimum Gasteiger partial charge on any atom is -0.194 e. The highest BCUT2D eigenvalue weighted by molar-refractivity contribution is 5.17. The molecule has 0 nitrogen and oxygen atoms in total. The molecule has 0 aliphatic heterocycles. The van der Waals surface area contributed by atoms with Gasteiger partial charge in [-0.3, -0.25) is 0 Å². The highest BCUT2D eigenvalue weighted by atomic mass is 19.4. The molecule has 108 valence electrons. The summed E-state index contributed by atoms with van der Waals surface area (Å²) in [5.41, 5.74) is -1.67. The van der Waals surface area contributed by atoms with Gasteiger partial charge in [-0.2, -0.15) is 39.5 Å². The molecule has 0 saturated heterocycles. The molecule has 0 aliphatic carbocycles. The average Bonchev–Trinajstić information content (AvgIpc) is 2.15. The van der Waals surface area contributed by atoms with Gasteiger partial charge in [0.25, 0.3) is 0 Å². The molecule has 0 aromatic heterocycles. The third-order valence-electron chi connectivity index (χ3n) is 2.14. The molecule has 0 atom stereocenters. The lowest BCUT2D eigenvalue weighted by atomic mass is 9.95. The van der Waals surface area contributed by atoms with Crippen molar-refractivity contribution in [3.05, 3.63) is 12.2 Å². The van der Waals surface area contributed by atoms with Crippen LogP contribution in [0.3, 0.4) is 0 Å². The lowest BCUT2D eigenvalue weighted by molar-refractivity contribution is -0.390. The second kappa shape index (κ2) is 4.65. The molecule has 0 bridgehead atoms. The molecule has 9 heteroatoms. The monoisotopic (exact) mass is 288 g/mol. The number of halogens is 9. The number of allylic oxidation sites excluding steroid dienone is 1. The van der Waals surface area contributed by atoms with E-state index >= 15 is 0 Å². The summed E-state index contributed by atoms with van der Waals surface area (Å²) >= 11 is 0. The van der Waals surface area contributed by atoms with Crippen molar-refractivity contribution in [2.24, 2.45) is 0 Å². The Balaban J connectivity index is 5.57. The van der Waals surface area contributed by atoms with Crippen LogP contribution >= 0.6 is 0 Å². The number of hydrogen-bond acceptors (Lipinski definition) is 0. The van der Waals surface area contributed by atoms with E-state index in [1.54, 1.807) is 0 Å². The topological polar surface area (TPSA) is 0 Å². The summed E-state index contributed by atoms with van der Waals surface area (Å²) in [5.74, 6) is -19.1. The molecule has 0 heterocycles. The molecule has 0 unspecified atom stereocenters. The minimum atomic E-state index is -6.85. The molecular formula is C9H9F9. The van der Waals surface area contributed by atoms with Crippen LogP contribution < -0.4 is 0 Å². The fraction of sp³-hybridized carbons (Fsp3) is 0.778. The highest BCUT2D eigenvalue weighted by Gasteiger charge is 2.81. The van der Waals surface area contributed by atoms with Crippen LogP contribution in [0.15, 0.2) is 12.2 Å². The Morgan fingerprint density at radius 2 is 1.22 bits per heavy atom. The van der Waals surface area contributed by atoms with Crippen LogP contribution in [-0.4, -0.2) is 23.9 Å². The zero-order valence-electron chi connectivity index (χ0n) is 9.02. The second-order valence-corrected chi connectivity index (χ2v) is 3.57. The van der Waals surface area contributed by atoms with E-state index in [1.165, 1.54) is 6.92 Å². The van der Waals surface area contributed by atoms with E-state index in [0.29, 0.717) is 0 Å². The number of hydrogen-bond donors (Lipinski definition) is 0. The third kappa shape index (κ3) is 2.44. The lowest BCUT2D eigenvalue weighted by Gasteiger charge is -2.34. The van der Waals surface area contributed by atoms with Crippen molar-refractivity contribution in [1.29, 1.82) is 0 Å². The fourth-order valence-electron chi connectivity index (χ4n) is 1.06. The van der Waals surface area contributed by atoms with Crippen molar-refractivity contribution in [3.8, 4) is 0 Å². The lowest BCUT2D eigenvalue weighted by Crippen LogP contribution is -2.61. The molecular weight excluding hydrogens is 279 g/mol. The van der Waals surface area contributed by atoms with Crippen molar-refractivity contribution in [2.75, 3.05) is 0 Å².